The predicted molar refractivity (Wildman–Crippen MR) is 58.4 cm³/mol. The van der Waals surface area contributed by atoms with Crippen LogP contribution in [-0.2, 0) is 0 Å². The fourth-order valence-electron chi connectivity index (χ4n) is 1.57. The lowest BCUT2D eigenvalue weighted by Gasteiger charge is -2.21. The first-order valence-electron chi connectivity index (χ1n) is 4.95. The Labute approximate surface area is 84.6 Å². The molecule has 1 unspecified atom stereocenters. The van der Waals surface area contributed by atoms with E-state index >= 15 is 0 Å². The van der Waals surface area contributed by atoms with Crippen LogP contribution >= 0.6 is 0 Å². The van der Waals surface area contributed by atoms with Gasteiger partial charge >= 0.3 is 0 Å². The summed E-state index contributed by atoms with van der Waals surface area (Å²) in [4.78, 5) is 11.7. The van der Waals surface area contributed by atoms with E-state index in [4.69, 9.17) is 5.73 Å². The smallest absolute Gasteiger partial charge is 0.251 e. The van der Waals surface area contributed by atoms with E-state index in [0.717, 1.165) is 5.56 Å². The maximum absolute atomic E-state index is 11.7. The highest BCUT2D eigenvalue weighted by Gasteiger charge is 2.13. The zero-order valence-corrected chi connectivity index (χ0v) is 9.03. The SMILES string of the molecule is Cc1ccn(C(CN)C(C)C)c(=O)c1. The van der Waals surface area contributed by atoms with E-state index in [1.54, 1.807) is 10.6 Å². The summed E-state index contributed by atoms with van der Waals surface area (Å²) in [5.41, 5.74) is 6.68. The number of pyridine rings is 1. The second kappa shape index (κ2) is 4.42. The molecule has 0 saturated carbocycles. The molecular weight excluding hydrogens is 176 g/mol. The highest BCUT2D eigenvalue weighted by Crippen LogP contribution is 2.13. The van der Waals surface area contributed by atoms with Crippen LogP contribution in [-0.4, -0.2) is 11.1 Å². The van der Waals surface area contributed by atoms with Gasteiger partial charge in [0.05, 0.1) is 6.04 Å². The fraction of sp³-hybridized carbons (Fsp3) is 0.545. The third-order valence-electron chi connectivity index (χ3n) is 2.47. The molecule has 14 heavy (non-hydrogen) atoms. The third-order valence-corrected chi connectivity index (χ3v) is 2.47. The van der Waals surface area contributed by atoms with Gasteiger partial charge in [-0.25, -0.2) is 0 Å². The van der Waals surface area contributed by atoms with Crippen molar-refractivity contribution in [2.24, 2.45) is 11.7 Å². The monoisotopic (exact) mass is 194 g/mol. The van der Waals surface area contributed by atoms with Gasteiger partial charge in [0.1, 0.15) is 0 Å². The molecule has 1 aromatic rings. The molecule has 3 nitrogen and oxygen atoms in total. The Bertz CT molecular complexity index is 355. The Kier molecular flexibility index (Phi) is 3.47. The Hall–Kier alpha value is -1.09. The van der Waals surface area contributed by atoms with Gasteiger partial charge in [0, 0.05) is 18.8 Å². The van der Waals surface area contributed by atoms with Crippen LogP contribution < -0.4 is 11.3 Å². The minimum absolute atomic E-state index is 0.0363. The summed E-state index contributed by atoms with van der Waals surface area (Å²) in [5.74, 6) is 0.375. The van der Waals surface area contributed by atoms with Crippen LogP contribution in [0.2, 0.25) is 0 Å². The molecule has 0 bridgehead atoms. The first-order chi connectivity index (χ1) is 6.56. The van der Waals surface area contributed by atoms with E-state index in [2.05, 4.69) is 13.8 Å². The van der Waals surface area contributed by atoms with Crippen molar-refractivity contribution < 1.29 is 0 Å². The van der Waals surface area contributed by atoms with E-state index in [1.165, 1.54) is 0 Å². The van der Waals surface area contributed by atoms with Crippen molar-refractivity contribution in [3.05, 3.63) is 34.2 Å². The largest absolute Gasteiger partial charge is 0.328 e. The quantitative estimate of drug-likeness (QED) is 0.788. The van der Waals surface area contributed by atoms with Crippen LogP contribution in [0.15, 0.2) is 23.1 Å². The zero-order valence-electron chi connectivity index (χ0n) is 9.03. The number of aryl methyl sites for hydroxylation is 1. The summed E-state index contributed by atoms with van der Waals surface area (Å²) in [5, 5.41) is 0. The van der Waals surface area contributed by atoms with Crippen molar-refractivity contribution in [2.45, 2.75) is 26.8 Å². The number of nitrogens with zero attached hydrogens (tertiary/aromatic N) is 1. The number of hydrogen-bond acceptors (Lipinski definition) is 2. The van der Waals surface area contributed by atoms with Crippen LogP contribution in [0.1, 0.15) is 25.5 Å². The Morgan fingerprint density at radius 2 is 2.14 bits per heavy atom. The van der Waals surface area contributed by atoms with Crippen LogP contribution in [0.4, 0.5) is 0 Å². The fourth-order valence-corrected chi connectivity index (χ4v) is 1.57. The standard InChI is InChI=1S/C11H18N2O/c1-8(2)10(7-12)13-5-4-9(3)6-11(13)14/h4-6,8,10H,7,12H2,1-3H3. The first-order valence-corrected chi connectivity index (χ1v) is 4.95. The van der Waals surface area contributed by atoms with Gasteiger partial charge in [-0.2, -0.15) is 0 Å². The van der Waals surface area contributed by atoms with Crippen molar-refractivity contribution >= 4 is 0 Å². The Morgan fingerprint density at radius 1 is 1.50 bits per heavy atom. The molecule has 0 saturated heterocycles. The van der Waals surface area contributed by atoms with Crippen molar-refractivity contribution in [3.8, 4) is 0 Å². The number of hydrogen-bond donors (Lipinski definition) is 1. The topological polar surface area (TPSA) is 48.0 Å². The van der Waals surface area contributed by atoms with Crippen LogP contribution in [0.3, 0.4) is 0 Å². The normalized spacial score (nSPS) is 13.2. The van der Waals surface area contributed by atoms with E-state index in [1.807, 2.05) is 19.2 Å². The van der Waals surface area contributed by atoms with E-state index < -0.39 is 0 Å². The molecule has 0 fully saturated rings. The van der Waals surface area contributed by atoms with Gasteiger partial charge in [0.25, 0.3) is 5.56 Å². The van der Waals surface area contributed by atoms with E-state index in [9.17, 15) is 4.79 Å². The van der Waals surface area contributed by atoms with Gasteiger partial charge in [-0.05, 0) is 24.5 Å². The van der Waals surface area contributed by atoms with Gasteiger partial charge in [-0.15, -0.1) is 0 Å². The third kappa shape index (κ3) is 2.23. The van der Waals surface area contributed by atoms with Crippen molar-refractivity contribution in [1.29, 1.82) is 0 Å². The van der Waals surface area contributed by atoms with Gasteiger partial charge in [-0.3, -0.25) is 4.79 Å². The molecule has 1 heterocycles. The molecule has 1 aromatic heterocycles. The van der Waals surface area contributed by atoms with Crippen molar-refractivity contribution in [2.75, 3.05) is 6.54 Å². The van der Waals surface area contributed by atoms with E-state index in [0.29, 0.717) is 12.5 Å². The minimum Gasteiger partial charge on any atom is -0.328 e. The maximum Gasteiger partial charge on any atom is 0.251 e. The molecular formula is C11H18N2O. The summed E-state index contributed by atoms with van der Waals surface area (Å²) in [6.07, 6.45) is 1.83. The minimum atomic E-state index is 0.0363. The van der Waals surface area contributed by atoms with Crippen molar-refractivity contribution in [1.82, 2.24) is 4.57 Å². The average molecular weight is 194 g/mol. The molecule has 0 aliphatic carbocycles. The molecule has 3 heteroatoms. The molecule has 0 aliphatic rings. The average Bonchev–Trinajstić information content (AvgIpc) is 2.09. The van der Waals surface area contributed by atoms with Crippen LogP contribution in [0, 0.1) is 12.8 Å². The summed E-state index contributed by atoms with van der Waals surface area (Å²) in [6.45, 7) is 6.56. The van der Waals surface area contributed by atoms with Gasteiger partial charge in [0.15, 0.2) is 0 Å². The molecule has 0 aromatic carbocycles. The summed E-state index contributed by atoms with van der Waals surface area (Å²) < 4.78 is 1.72. The molecule has 0 spiro atoms. The number of nitrogens with two attached hydrogens (primary N) is 1. The molecule has 0 aliphatic heterocycles. The lowest BCUT2D eigenvalue weighted by atomic mass is 10.0. The molecule has 1 rings (SSSR count). The van der Waals surface area contributed by atoms with Crippen LogP contribution in [0.5, 0.6) is 0 Å². The summed E-state index contributed by atoms with van der Waals surface area (Å²) >= 11 is 0. The van der Waals surface area contributed by atoms with Gasteiger partial charge < -0.3 is 10.3 Å². The zero-order chi connectivity index (χ0) is 10.7. The summed E-state index contributed by atoms with van der Waals surface area (Å²) in [7, 11) is 0. The summed E-state index contributed by atoms with van der Waals surface area (Å²) in [6, 6.07) is 3.68. The highest BCUT2D eigenvalue weighted by molar-refractivity contribution is 5.08. The number of rotatable bonds is 3. The highest BCUT2D eigenvalue weighted by atomic mass is 16.1. The second-order valence-electron chi connectivity index (χ2n) is 4.00. The maximum atomic E-state index is 11.7. The van der Waals surface area contributed by atoms with Gasteiger partial charge in [0.2, 0.25) is 0 Å². The second-order valence-corrected chi connectivity index (χ2v) is 4.00. The lowest BCUT2D eigenvalue weighted by molar-refractivity contribution is 0.375. The molecule has 0 amide bonds. The van der Waals surface area contributed by atoms with Crippen LogP contribution in [0.25, 0.3) is 0 Å². The Balaban J connectivity index is 3.11. The van der Waals surface area contributed by atoms with E-state index in [-0.39, 0.29) is 11.6 Å². The molecule has 1 atom stereocenters. The number of aromatic nitrogens is 1. The molecule has 2 N–H and O–H groups in total. The lowest BCUT2D eigenvalue weighted by Crippen LogP contribution is -2.32. The van der Waals surface area contributed by atoms with Crippen molar-refractivity contribution in [3.63, 3.8) is 0 Å². The first kappa shape index (κ1) is 11.0. The molecule has 78 valence electrons. The molecule has 0 radical (unpaired) electrons. The van der Waals surface area contributed by atoms with Gasteiger partial charge in [-0.1, -0.05) is 13.8 Å². The Morgan fingerprint density at radius 3 is 2.57 bits per heavy atom. The predicted octanol–water partition coefficient (Wildman–Crippen LogP) is 1.31.